The quantitative estimate of drug-likeness (QED) is 0.166. The van der Waals surface area contributed by atoms with Crippen LogP contribution in [0.15, 0.2) is 106 Å². The Hall–Kier alpha value is -3.83. The minimum absolute atomic E-state index is 0.278. The molecule has 0 saturated carbocycles. The highest BCUT2D eigenvalue weighted by Crippen LogP contribution is 2.20. The summed E-state index contributed by atoms with van der Waals surface area (Å²) in [6, 6.07) is 27.4. The first-order chi connectivity index (χ1) is 20.9. The number of benzene rings is 4. The van der Waals surface area contributed by atoms with Gasteiger partial charge in [-0.1, -0.05) is 68.3 Å². The van der Waals surface area contributed by atoms with Crippen molar-refractivity contribution < 1.29 is 9.47 Å². The predicted octanol–water partition coefficient (Wildman–Crippen LogP) is 8.21. The fraction of sp³-hybridized carbons (Fsp3) is 0.125. The molecule has 0 fully saturated rings. The van der Waals surface area contributed by atoms with E-state index in [0.29, 0.717) is 19.0 Å². The van der Waals surface area contributed by atoms with Crippen LogP contribution in [0.1, 0.15) is 11.1 Å². The molecule has 0 saturated heterocycles. The molecule has 0 spiro atoms. The number of nitrogens with zero attached hydrogens (tertiary/aromatic N) is 4. The van der Waals surface area contributed by atoms with Gasteiger partial charge in [0.2, 0.25) is 11.2 Å². The molecule has 4 aromatic carbocycles. The molecule has 0 aliphatic rings. The van der Waals surface area contributed by atoms with Crippen LogP contribution in [0.3, 0.4) is 0 Å². The van der Waals surface area contributed by atoms with Crippen LogP contribution < -0.4 is 20.5 Å². The van der Waals surface area contributed by atoms with Gasteiger partial charge in [0, 0.05) is 45.2 Å². The normalized spacial score (nSPS) is 10.3. The summed E-state index contributed by atoms with van der Waals surface area (Å²) in [5.41, 5.74) is 9.44. The number of anilines is 1. The van der Waals surface area contributed by atoms with E-state index in [1.807, 2.05) is 91.1 Å². The summed E-state index contributed by atoms with van der Waals surface area (Å²) in [5, 5.41) is 5.52. The summed E-state index contributed by atoms with van der Waals surface area (Å²) in [6.07, 6.45) is 3.53. The molecule has 8 nitrogen and oxygen atoms in total. The molecule has 2 heterocycles. The van der Waals surface area contributed by atoms with Crippen molar-refractivity contribution in [1.29, 1.82) is 0 Å². The molecule has 0 radical (unpaired) electrons. The highest BCUT2D eigenvalue weighted by Gasteiger charge is 2.02. The number of nitrogens with one attached hydrogen (secondary N) is 1. The van der Waals surface area contributed by atoms with Gasteiger partial charge in [0.05, 0.1) is 25.3 Å². The summed E-state index contributed by atoms with van der Waals surface area (Å²) in [4.78, 5) is 16.8. The Bertz CT molecular complexity index is 1710. The number of ether oxygens (including phenoxy) is 2. The van der Waals surface area contributed by atoms with E-state index in [1.165, 1.54) is 0 Å². The molecule has 43 heavy (non-hydrogen) atoms. The number of halogens is 3. The SMILES string of the molecule is COc1ccc(CN)cc1.COc1ccc(CNc2ncc3ccc(Br)cc3n2)cc1.Clc1ncc2ccc(Br)cc2n1. The Morgan fingerprint density at radius 3 is 1.74 bits per heavy atom. The summed E-state index contributed by atoms with van der Waals surface area (Å²) in [5.74, 6) is 2.35. The van der Waals surface area contributed by atoms with Crippen molar-refractivity contribution in [2.45, 2.75) is 13.1 Å². The number of hydrogen-bond acceptors (Lipinski definition) is 8. The van der Waals surface area contributed by atoms with Gasteiger partial charge in [0.15, 0.2) is 0 Å². The van der Waals surface area contributed by atoms with Gasteiger partial charge >= 0.3 is 0 Å². The molecule has 0 aliphatic heterocycles. The third-order valence-corrected chi connectivity index (χ3v) is 7.23. The van der Waals surface area contributed by atoms with Gasteiger partial charge in [-0.2, -0.15) is 0 Å². The molecule has 0 aliphatic carbocycles. The molecule has 2 aromatic heterocycles. The van der Waals surface area contributed by atoms with Crippen molar-refractivity contribution in [3.8, 4) is 11.5 Å². The molecule has 3 N–H and O–H groups in total. The molecule has 6 rings (SSSR count). The Morgan fingerprint density at radius 2 is 1.21 bits per heavy atom. The summed E-state index contributed by atoms with van der Waals surface area (Å²) >= 11 is 12.4. The van der Waals surface area contributed by atoms with Gasteiger partial charge in [0.1, 0.15) is 11.5 Å². The summed E-state index contributed by atoms with van der Waals surface area (Å²) in [6.45, 7) is 1.26. The Morgan fingerprint density at radius 1 is 0.698 bits per heavy atom. The van der Waals surface area contributed by atoms with Crippen LogP contribution in [-0.2, 0) is 13.1 Å². The minimum Gasteiger partial charge on any atom is -0.497 e. The van der Waals surface area contributed by atoms with Crippen LogP contribution in [-0.4, -0.2) is 34.2 Å². The third kappa shape index (κ3) is 9.86. The molecule has 0 atom stereocenters. The molecule has 6 aromatic rings. The van der Waals surface area contributed by atoms with Crippen molar-refractivity contribution in [2.24, 2.45) is 5.73 Å². The van der Waals surface area contributed by atoms with Crippen LogP contribution in [0.25, 0.3) is 21.8 Å². The molecule has 11 heteroatoms. The van der Waals surface area contributed by atoms with E-state index in [2.05, 4.69) is 57.1 Å². The van der Waals surface area contributed by atoms with Gasteiger partial charge in [-0.15, -0.1) is 0 Å². The standard InChI is InChI=1S/C16H14BrN3O.C8H4BrClN2.C8H11NO/c1-21-14-6-2-11(3-7-14)9-18-16-19-10-12-4-5-13(17)8-15(12)20-16;9-6-2-1-5-4-11-8(10)12-7(5)3-6;1-10-8-4-2-7(6-9)3-5-8/h2-8,10H,9H2,1H3,(H,18,19,20);1-4H;2-5H,6,9H2,1H3. The lowest BCUT2D eigenvalue weighted by Crippen LogP contribution is -2.03. The zero-order chi connectivity index (χ0) is 30.6. The predicted molar refractivity (Wildman–Crippen MR) is 181 cm³/mol. The van der Waals surface area contributed by atoms with Crippen LogP contribution in [0, 0.1) is 0 Å². The lowest BCUT2D eigenvalue weighted by atomic mass is 10.2. The number of fused-ring (bicyclic) bond motifs is 2. The van der Waals surface area contributed by atoms with Crippen molar-refractivity contribution in [2.75, 3.05) is 19.5 Å². The second-order valence-corrected chi connectivity index (χ2v) is 11.2. The molecule has 0 unspecified atom stereocenters. The minimum atomic E-state index is 0.278. The molecular weight excluding hydrogens is 696 g/mol. The van der Waals surface area contributed by atoms with Crippen LogP contribution in [0.2, 0.25) is 5.28 Å². The van der Waals surface area contributed by atoms with E-state index in [0.717, 1.165) is 53.4 Å². The number of hydrogen-bond donors (Lipinski definition) is 2. The van der Waals surface area contributed by atoms with Gasteiger partial charge in [-0.25, -0.2) is 19.9 Å². The fourth-order valence-corrected chi connectivity index (χ4v) is 4.58. The fourth-order valence-electron chi connectivity index (χ4n) is 3.74. The van der Waals surface area contributed by atoms with Crippen molar-refractivity contribution in [3.63, 3.8) is 0 Å². The van der Waals surface area contributed by atoms with Crippen LogP contribution >= 0.6 is 43.5 Å². The van der Waals surface area contributed by atoms with Gasteiger partial charge in [-0.3, -0.25) is 0 Å². The Balaban J connectivity index is 0.000000163. The van der Waals surface area contributed by atoms with Gasteiger partial charge in [-0.05, 0) is 71.3 Å². The van der Waals surface area contributed by atoms with Crippen molar-refractivity contribution in [3.05, 3.63) is 123 Å². The molecular formula is C32H29Br2ClN6O2. The van der Waals surface area contributed by atoms with E-state index < -0.39 is 0 Å². The molecule has 0 bridgehead atoms. The average Bonchev–Trinajstić information content (AvgIpc) is 3.04. The van der Waals surface area contributed by atoms with Crippen LogP contribution in [0.4, 0.5) is 5.95 Å². The van der Waals surface area contributed by atoms with Crippen molar-refractivity contribution in [1.82, 2.24) is 19.9 Å². The summed E-state index contributed by atoms with van der Waals surface area (Å²) < 4.78 is 12.1. The highest BCUT2D eigenvalue weighted by atomic mass is 79.9. The second-order valence-electron chi connectivity index (χ2n) is 8.99. The molecule has 0 amide bonds. The number of nitrogens with two attached hydrogens (primary N) is 1. The Kier molecular flexibility index (Phi) is 12.0. The van der Waals surface area contributed by atoms with E-state index in [-0.39, 0.29) is 5.28 Å². The van der Waals surface area contributed by atoms with Gasteiger partial charge < -0.3 is 20.5 Å². The first kappa shape index (κ1) is 32.1. The maximum Gasteiger partial charge on any atom is 0.223 e. The highest BCUT2D eigenvalue weighted by molar-refractivity contribution is 9.10. The maximum absolute atomic E-state index is 5.63. The number of rotatable bonds is 6. The van der Waals surface area contributed by atoms with Gasteiger partial charge in [0.25, 0.3) is 0 Å². The van der Waals surface area contributed by atoms with E-state index >= 15 is 0 Å². The second kappa shape index (κ2) is 16.1. The largest absolute Gasteiger partial charge is 0.497 e. The zero-order valence-electron chi connectivity index (χ0n) is 23.5. The van der Waals surface area contributed by atoms with E-state index in [4.69, 9.17) is 26.8 Å². The first-order valence-corrected chi connectivity index (χ1v) is 15.0. The monoisotopic (exact) mass is 722 g/mol. The van der Waals surface area contributed by atoms with E-state index in [9.17, 15) is 0 Å². The topological polar surface area (TPSA) is 108 Å². The molecule has 220 valence electrons. The van der Waals surface area contributed by atoms with Crippen LogP contribution in [0.5, 0.6) is 11.5 Å². The number of aromatic nitrogens is 4. The Labute approximate surface area is 271 Å². The lowest BCUT2D eigenvalue weighted by molar-refractivity contribution is 0.414. The smallest absolute Gasteiger partial charge is 0.223 e. The lowest BCUT2D eigenvalue weighted by Gasteiger charge is -2.07. The average molecular weight is 725 g/mol. The summed E-state index contributed by atoms with van der Waals surface area (Å²) in [7, 11) is 3.31. The van der Waals surface area contributed by atoms with E-state index in [1.54, 1.807) is 20.4 Å². The first-order valence-electron chi connectivity index (χ1n) is 13.1. The van der Waals surface area contributed by atoms with Crippen molar-refractivity contribution >= 4 is 71.2 Å². The number of methoxy groups -OCH3 is 2. The maximum atomic E-state index is 5.63. The zero-order valence-corrected chi connectivity index (χ0v) is 27.4. The third-order valence-electron chi connectivity index (χ3n) is 6.06.